The number of hydrogen-bond acceptors (Lipinski definition) is 4. The van der Waals surface area contributed by atoms with Crippen LogP contribution in [0.2, 0.25) is 0 Å². The molecule has 1 aliphatic carbocycles. The van der Waals surface area contributed by atoms with Gasteiger partial charge in [0.1, 0.15) is 17.3 Å². The fourth-order valence-corrected chi connectivity index (χ4v) is 3.78. The van der Waals surface area contributed by atoms with Crippen molar-refractivity contribution in [1.29, 1.82) is 0 Å². The lowest BCUT2D eigenvalue weighted by Gasteiger charge is -2.21. The predicted octanol–water partition coefficient (Wildman–Crippen LogP) is 4.47. The van der Waals surface area contributed by atoms with Crippen LogP contribution in [-0.4, -0.2) is 18.1 Å². The maximum absolute atomic E-state index is 5.97. The summed E-state index contributed by atoms with van der Waals surface area (Å²) in [6.45, 7) is 6.19. The Kier molecular flexibility index (Phi) is 5.07. The van der Waals surface area contributed by atoms with E-state index in [0.717, 1.165) is 49.4 Å². The van der Waals surface area contributed by atoms with Crippen LogP contribution in [0.25, 0.3) is 0 Å². The molecule has 1 saturated carbocycles. The summed E-state index contributed by atoms with van der Waals surface area (Å²) in [4.78, 5) is 7.02. The molecule has 0 bridgehead atoms. The highest BCUT2D eigenvalue weighted by molar-refractivity contribution is 5.41. The second-order valence-corrected chi connectivity index (χ2v) is 7.65. The Labute approximate surface area is 150 Å². The van der Waals surface area contributed by atoms with Crippen molar-refractivity contribution in [1.82, 2.24) is 10.3 Å². The number of anilines is 1. The third-order valence-corrected chi connectivity index (χ3v) is 5.53. The van der Waals surface area contributed by atoms with E-state index < -0.39 is 0 Å². The predicted molar refractivity (Wildman–Crippen MR) is 101 cm³/mol. The fraction of sp³-hybridized carbons (Fsp3) is 0.571. The van der Waals surface area contributed by atoms with E-state index in [1.165, 1.54) is 37.7 Å². The standard InChI is InChI=1S/C21H29N3O/c1-16-12-19(16)20-7-6-18(25-20)15-22-14-17-8-9-23-21(13-17)24-10-4-2-3-5-11-24/h6-9,13,16,19,22H,2-5,10-12,14-15H2,1H3. The minimum Gasteiger partial charge on any atom is -0.464 e. The second kappa shape index (κ2) is 7.61. The van der Waals surface area contributed by atoms with Gasteiger partial charge < -0.3 is 14.6 Å². The molecule has 0 radical (unpaired) electrons. The van der Waals surface area contributed by atoms with Crippen molar-refractivity contribution < 1.29 is 4.42 Å². The molecular weight excluding hydrogens is 310 g/mol. The van der Waals surface area contributed by atoms with Gasteiger partial charge in [-0.05, 0) is 55.0 Å². The molecule has 25 heavy (non-hydrogen) atoms. The van der Waals surface area contributed by atoms with Crippen LogP contribution in [0.5, 0.6) is 0 Å². The minimum absolute atomic E-state index is 0.658. The molecule has 1 N–H and O–H groups in total. The smallest absolute Gasteiger partial charge is 0.128 e. The Hall–Kier alpha value is -1.81. The number of aromatic nitrogens is 1. The monoisotopic (exact) mass is 339 g/mol. The van der Waals surface area contributed by atoms with E-state index >= 15 is 0 Å². The van der Waals surface area contributed by atoms with Crippen molar-refractivity contribution in [2.45, 2.75) is 58.0 Å². The molecule has 2 fully saturated rings. The fourth-order valence-electron chi connectivity index (χ4n) is 3.78. The minimum atomic E-state index is 0.658. The zero-order valence-electron chi connectivity index (χ0n) is 15.2. The van der Waals surface area contributed by atoms with Gasteiger partial charge in [0, 0.05) is 31.7 Å². The van der Waals surface area contributed by atoms with Crippen molar-refractivity contribution in [3.8, 4) is 0 Å². The van der Waals surface area contributed by atoms with Crippen LogP contribution >= 0.6 is 0 Å². The van der Waals surface area contributed by atoms with Gasteiger partial charge in [-0.1, -0.05) is 19.8 Å². The van der Waals surface area contributed by atoms with E-state index in [1.807, 2.05) is 6.20 Å². The molecule has 4 heteroatoms. The quantitative estimate of drug-likeness (QED) is 0.843. The molecule has 0 aromatic carbocycles. The number of rotatable bonds is 6. The molecule has 134 valence electrons. The van der Waals surface area contributed by atoms with E-state index in [9.17, 15) is 0 Å². The van der Waals surface area contributed by atoms with Crippen molar-refractivity contribution in [2.24, 2.45) is 5.92 Å². The number of pyridine rings is 1. The number of nitrogens with one attached hydrogen (secondary N) is 1. The molecule has 1 aliphatic heterocycles. The van der Waals surface area contributed by atoms with Gasteiger partial charge in [-0.25, -0.2) is 4.98 Å². The first-order valence-electron chi connectivity index (χ1n) is 9.79. The molecule has 2 atom stereocenters. The summed E-state index contributed by atoms with van der Waals surface area (Å²) in [6.07, 6.45) is 8.48. The van der Waals surface area contributed by atoms with E-state index in [0.29, 0.717) is 5.92 Å². The summed E-state index contributed by atoms with van der Waals surface area (Å²) < 4.78 is 5.97. The molecular formula is C21H29N3O. The van der Waals surface area contributed by atoms with Crippen molar-refractivity contribution >= 4 is 5.82 Å². The van der Waals surface area contributed by atoms with E-state index in [4.69, 9.17) is 4.42 Å². The zero-order valence-corrected chi connectivity index (χ0v) is 15.2. The Morgan fingerprint density at radius 1 is 1.12 bits per heavy atom. The Balaban J connectivity index is 1.30. The van der Waals surface area contributed by atoms with Crippen LogP contribution in [0.15, 0.2) is 34.9 Å². The van der Waals surface area contributed by atoms with Crippen molar-refractivity contribution in [2.75, 3.05) is 18.0 Å². The normalized spacial score (nSPS) is 23.5. The van der Waals surface area contributed by atoms with Gasteiger partial charge >= 0.3 is 0 Å². The summed E-state index contributed by atoms with van der Waals surface area (Å²) >= 11 is 0. The maximum atomic E-state index is 5.97. The lowest BCUT2D eigenvalue weighted by Crippen LogP contribution is -2.25. The van der Waals surface area contributed by atoms with Crippen LogP contribution in [0.4, 0.5) is 5.82 Å². The first-order chi connectivity index (χ1) is 12.3. The van der Waals surface area contributed by atoms with E-state index in [2.05, 4.69) is 46.4 Å². The van der Waals surface area contributed by atoms with Crippen LogP contribution in [-0.2, 0) is 13.1 Å². The van der Waals surface area contributed by atoms with Gasteiger partial charge in [-0.3, -0.25) is 0 Å². The van der Waals surface area contributed by atoms with Gasteiger partial charge in [-0.2, -0.15) is 0 Å². The SMILES string of the molecule is CC1CC1c1ccc(CNCc2ccnc(N3CCCCCC3)c2)o1. The van der Waals surface area contributed by atoms with Crippen molar-refractivity contribution in [3.63, 3.8) is 0 Å². The average molecular weight is 339 g/mol. The summed E-state index contributed by atoms with van der Waals surface area (Å²) in [7, 11) is 0. The molecule has 2 unspecified atom stereocenters. The molecule has 4 rings (SSSR count). The highest BCUT2D eigenvalue weighted by Gasteiger charge is 2.36. The van der Waals surface area contributed by atoms with Crippen molar-refractivity contribution in [3.05, 3.63) is 47.5 Å². The molecule has 3 heterocycles. The molecule has 2 aromatic heterocycles. The number of furan rings is 1. The highest BCUT2D eigenvalue weighted by Crippen LogP contribution is 2.47. The lowest BCUT2D eigenvalue weighted by atomic mass is 10.2. The molecule has 2 aliphatic rings. The van der Waals surface area contributed by atoms with Gasteiger partial charge in [0.25, 0.3) is 0 Å². The summed E-state index contributed by atoms with van der Waals surface area (Å²) in [6, 6.07) is 8.60. The van der Waals surface area contributed by atoms with Crippen LogP contribution in [0.1, 0.15) is 62.0 Å². The van der Waals surface area contributed by atoms with Gasteiger partial charge in [0.2, 0.25) is 0 Å². The van der Waals surface area contributed by atoms with E-state index in [-0.39, 0.29) is 0 Å². The molecule has 0 spiro atoms. The number of hydrogen-bond donors (Lipinski definition) is 1. The van der Waals surface area contributed by atoms with Crippen LogP contribution in [0, 0.1) is 5.92 Å². The lowest BCUT2D eigenvalue weighted by molar-refractivity contribution is 0.444. The maximum Gasteiger partial charge on any atom is 0.128 e. The van der Waals surface area contributed by atoms with Gasteiger partial charge in [0.05, 0.1) is 6.54 Å². The summed E-state index contributed by atoms with van der Waals surface area (Å²) in [5.74, 6) is 4.78. The first kappa shape index (κ1) is 16.6. The van der Waals surface area contributed by atoms with Crippen LogP contribution in [0.3, 0.4) is 0 Å². The summed E-state index contributed by atoms with van der Waals surface area (Å²) in [5.41, 5.74) is 1.29. The van der Waals surface area contributed by atoms with Gasteiger partial charge in [-0.15, -0.1) is 0 Å². The zero-order chi connectivity index (χ0) is 17.1. The van der Waals surface area contributed by atoms with E-state index in [1.54, 1.807) is 0 Å². The topological polar surface area (TPSA) is 41.3 Å². The molecule has 2 aromatic rings. The third-order valence-electron chi connectivity index (χ3n) is 5.53. The largest absolute Gasteiger partial charge is 0.464 e. The second-order valence-electron chi connectivity index (χ2n) is 7.65. The Bertz CT molecular complexity index is 688. The molecule has 0 amide bonds. The average Bonchev–Trinajstić information content (AvgIpc) is 3.28. The molecule has 4 nitrogen and oxygen atoms in total. The van der Waals surface area contributed by atoms with Crippen LogP contribution < -0.4 is 10.2 Å². The van der Waals surface area contributed by atoms with Gasteiger partial charge in [0.15, 0.2) is 0 Å². The third kappa shape index (κ3) is 4.24. The number of nitrogens with zero attached hydrogens (tertiary/aromatic N) is 2. The Morgan fingerprint density at radius 2 is 1.92 bits per heavy atom. The Morgan fingerprint density at radius 3 is 2.68 bits per heavy atom. The summed E-state index contributed by atoms with van der Waals surface area (Å²) in [5, 5.41) is 3.50. The highest BCUT2D eigenvalue weighted by atomic mass is 16.3. The molecule has 1 saturated heterocycles. The first-order valence-corrected chi connectivity index (χ1v) is 9.79.